The summed E-state index contributed by atoms with van der Waals surface area (Å²) >= 11 is 0. The molecule has 0 unspecified atom stereocenters. The van der Waals surface area contributed by atoms with Crippen molar-refractivity contribution in [3.63, 3.8) is 0 Å². The molecule has 0 N–H and O–H groups in total. The molecule has 4 bridgehead atoms. The SMILES string of the molecule is O=C(N1CCN(c2ccccc2[N+](=O)[O-])CC1)C12CC3CC(CC(C3)C1)C2. The van der Waals surface area contributed by atoms with Gasteiger partial charge in [-0.3, -0.25) is 14.9 Å². The van der Waals surface area contributed by atoms with E-state index in [9.17, 15) is 14.9 Å². The van der Waals surface area contributed by atoms with Crippen molar-refractivity contribution in [2.24, 2.45) is 23.2 Å². The fourth-order valence-corrected chi connectivity index (χ4v) is 6.74. The lowest BCUT2D eigenvalue weighted by Crippen LogP contribution is -2.58. The summed E-state index contributed by atoms with van der Waals surface area (Å²) in [5, 5.41) is 11.3. The normalized spacial score (nSPS) is 34.7. The summed E-state index contributed by atoms with van der Waals surface area (Å²) < 4.78 is 0. The standard InChI is InChI=1S/C21H27N3O3/c25-20(21-12-15-9-16(13-21)11-17(10-15)14-21)23-7-5-22(6-8-23)18-3-1-2-4-19(18)24(26)27/h1-4,15-17H,5-14H2. The van der Waals surface area contributed by atoms with Crippen LogP contribution >= 0.6 is 0 Å². The molecule has 6 heteroatoms. The molecular weight excluding hydrogens is 342 g/mol. The number of nitrogens with zero attached hydrogens (tertiary/aromatic N) is 3. The number of hydrogen-bond donors (Lipinski definition) is 0. The van der Waals surface area contributed by atoms with Gasteiger partial charge in [-0.15, -0.1) is 0 Å². The van der Waals surface area contributed by atoms with Gasteiger partial charge in [0.15, 0.2) is 0 Å². The summed E-state index contributed by atoms with van der Waals surface area (Å²) in [5.41, 5.74) is 0.734. The number of rotatable bonds is 3. The lowest BCUT2D eigenvalue weighted by atomic mass is 9.49. The number of benzene rings is 1. The molecule has 1 aliphatic heterocycles. The van der Waals surface area contributed by atoms with Crippen LogP contribution in [0.2, 0.25) is 0 Å². The fraction of sp³-hybridized carbons (Fsp3) is 0.667. The lowest BCUT2D eigenvalue weighted by molar-refractivity contribution is -0.384. The van der Waals surface area contributed by atoms with Crippen molar-refractivity contribution < 1.29 is 9.72 Å². The molecule has 27 heavy (non-hydrogen) atoms. The van der Waals surface area contributed by atoms with Crippen molar-refractivity contribution in [2.75, 3.05) is 31.1 Å². The average molecular weight is 369 g/mol. The molecule has 0 aromatic heterocycles. The van der Waals surface area contributed by atoms with E-state index < -0.39 is 0 Å². The second-order valence-corrected chi connectivity index (χ2v) is 9.22. The molecule has 0 atom stereocenters. The zero-order chi connectivity index (χ0) is 18.6. The first-order valence-corrected chi connectivity index (χ1v) is 10.3. The Morgan fingerprint density at radius 3 is 2.07 bits per heavy atom. The molecule has 0 radical (unpaired) electrons. The molecule has 6 nitrogen and oxygen atoms in total. The fourth-order valence-electron chi connectivity index (χ4n) is 6.74. The molecule has 1 saturated heterocycles. The van der Waals surface area contributed by atoms with Crippen molar-refractivity contribution in [1.29, 1.82) is 0 Å². The van der Waals surface area contributed by atoms with E-state index >= 15 is 0 Å². The highest BCUT2D eigenvalue weighted by Crippen LogP contribution is 2.60. The van der Waals surface area contributed by atoms with Gasteiger partial charge >= 0.3 is 0 Å². The molecule has 1 aromatic carbocycles. The quantitative estimate of drug-likeness (QED) is 0.604. The molecule has 6 rings (SSSR count). The van der Waals surface area contributed by atoms with E-state index in [4.69, 9.17) is 0 Å². The molecular formula is C21H27N3O3. The Labute approximate surface area is 159 Å². The van der Waals surface area contributed by atoms with Crippen molar-refractivity contribution in [2.45, 2.75) is 38.5 Å². The number of para-hydroxylation sites is 2. The summed E-state index contributed by atoms with van der Waals surface area (Å²) in [5.74, 6) is 2.69. The van der Waals surface area contributed by atoms with Crippen LogP contribution in [0.25, 0.3) is 0 Å². The molecule has 5 fully saturated rings. The molecule has 5 aliphatic rings. The molecule has 1 heterocycles. The van der Waals surface area contributed by atoms with Gasteiger partial charge in [0.1, 0.15) is 5.69 Å². The molecule has 1 amide bonds. The highest BCUT2D eigenvalue weighted by molar-refractivity contribution is 5.83. The van der Waals surface area contributed by atoms with Crippen LogP contribution in [0.3, 0.4) is 0 Å². The summed E-state index contributed by atoms with van der Waals surface area (Å²) in [7, 11) is 0. The predicted molar refractivity (Wildman–Crippen MR) is 102 cm³/mol. The number of amides is 1. The van der Waals surface area contributed by atoms with E-state index in [0.29, 0.717) is 37.8 Å². The Kier molecular flexibility index (Phi) is 3.92. The first-order valence-electron chi connectivity index (χ1n) is 10.3. The van der Waals surface area contributed by atoms with E-state index in [1.807, 2.05) is 12.1 Å². The summed E-state index contributed by atoms with van der Waals surface area (Å²) in [6.45, 7) is 2.69. The first-order chi connectivity index (χ1) is 13.0. The van der Waals surface area contributed by atoms with Crippen molar-refractivity contribution in [3.05, 3.63) is 34.4 Å². The first kappa shape index (κ1) is 17.0. The maximum absolute atomic E-state index is 13.5. The zero-order valence-corrected chi connectivity index (χ0v) is 15.7. The van der Waals surface area contributed by atoms with Crippen molar-refractivity contribution in [1.82, 2.24) is 4.90 Å². The van der Waals surface area contributed by atoms with Gasteiger partial charge in [0.05, 0.1) is 10.3 Å². The maximum atomic E-state index is 13.5. The van der Waals surface area contributed by atoms with Crippen LogP contribution in [-0.2, 0) is 4.79 Å². The maximum Gasteiger partial charge on any atom is 0.292 e. The van der Waals surface area contributed by atoms with Gasteiger partial charge < -0.3 is 9.80 Å². The van der Waals surface area contributed by atoms with E-state index in [1.165, 1.54) is 19.3 Å². The third-order valence-corrected chi connectivity index (χ3v) is 7.48. The Morgan fingerprint density at radius 2 is 1.52 bits per heavy atom. The second kappa shape index (κ2) is 6.21. The van der Waals surface area contributed by atoms with Gasteiger partial charge in [0, 0.05) is 32.2 Å². The number of nitro groups is 1. The van der Waals surface area contributed by atoms with E-state index in [1.54, 1.807) is 12.1 Å². The molecule has 4 aliphatic carbocycles. The minimum atomic E-state index is -0.317. The minimum absolute atomic E-state index is 0.0876. The van der Waals surface area contributed by atoms with Crippen LogP contribution in [0, 0.1) is 33.3 Å². The van der Waals surface area contributed by atoms with Crippen LogP contribution in [0.5, 0.6) is 0 Å². The number of nitro benzene ring substituents is 1. The largest absolute Gasteiger partial charge is 0.362 e. The van der Waals surface area contributed by atoms with Crippen LogP contribution < -0.4 is 4.90 Å². The third kappa shape index (κ3) is 2.80. The summed E-state index contributed by atoms with van der Waals surface area (Å²) in [6, 6.07) is 6.92. The van der Waals surface area contributed by atoms with Gasteiger partial charge in [0.25, 0.3) is 5.69 Å². The summed E-state index contributed by atoms with van der Waals surface area (Å²) in [6.07, 6.45) is 7.33. The molecule has 4 saturated carbocycles. The minimum Gasteiger partial charge on any atom is -0.362 e. The van der Waals surface area contributed by atoms with E-state index in [0.717, 1.165) is 37.0 Å². The van der Waals surface area contributed by atoms with Crippen LogP contribution in [0.15, 0.2) is 24.3 Å². The average Bonchev–Trinajstić information content (AvgIpc) is 2.66. The zero-order valence-electron chi connectivity index (χ0n) is 15.7. The Bertz CT molecular complexity index is 734. The second-order valence-electron chi connectivity index (χ2n) is 9.22. The third-order valence-electron chi connectivity index (χ3n) is 7.48. The molecule has 0 spiro atoms. The van der Waals surface area contributed by atoms with Gasteiger partial charge in [-0.2, -0.15) is 0 Å². The predicted octanol–water partition coefficient (Wildman–Crippen LogP) is 3.46. The number of carbonyl (C=O) groups excluding carboxylic acids is 1. The molecule has 144 valence electrons. The van der Waals surface area contributed by atoms with Crippen molar-refractivity contribution >= 4 is 17.3 Å². The van der Waals surface area contributed by atoms with Crippen LogP contribution in [-0.4, -0.2) is 41.9 Å². The number of anilines is 1. The van der Waals surface area contributed by atoms with E-state index in [-0.39, 0.29) is 16.0 Å². The van der Waals surface area contributed by atoms with Crippen LogP contribution in [0.1, 0.15) is 38.5 Å². The van der Waals surface area contributed by atoms with Gasteiger partial charge in [-0.05, 0) is 62.3 Å². The lowest BCUT2D eigenvalue weighted by Gasteiger charge is -2.57. The number of hydrogen-bond acceptors (Lipinski definition) is 4. The highest BCUT2D eigenvalue weighted by Gasteiger charge is 2.55. The van der Waals surface area contributed by atoms with Gasteiger partial charge in [0.2, 0.25) is 5.91 Å². The smallest absolute Gasteiger partial charge is 0.292 e. The Hall–Kier alpha value is -2.11. The van der Waals surface area contributed by atoms with Gasteiger partial charge in [-0.1, -0.05) is 12.1 Å². The van der Waals surface area contributed by atoms with E-state index in [2.05, 4.69) is 9.80 Å². The number of piperazine rings is 1. The Morgan fingerprint density at radius 1 is 0.963 bits per heavy atom. The van der Waals surface area contributed by atoms with Gasteiger partial charge in [-0.25, -0.2) is 0 Å². The Balaban J connectivity index is 1.29. The topological polar surface area (TPSA) is 66.7 Å². The van der Waals surface area contributed by atoms with Crippen LogP contribution in [0.4, 0.5) is 11.4 Å². The summed E-state index contributed by atoms with van der Waals surface area (Å²) in [4.78, 5) is 28.6. The number of carbonyl (C=O) groups is 1. The highest BCUT2D eigenvalue weighted by atomic mass is 16.6. The monoisotopic (exact) mass is 369 g/mol. The molecule has 1 aromatic rings. The van der Waals surface area contributed by atoms with Crippen molar-refractivity contribution in [3.8, 4) is 0 Å².